The molecule has 4 nitrogen and oxygen atoms in total. The summed E-state index contributed by atoms with van der Waals surface area (Å²) in [5.41, 5.74) is 0. The maximum Gasteiger partial charge on any atom is 0.237 e. The molecule has 1 rings (SSSR count). The summed E-state index contributed by atoms with van der Waals surface area (Å²) in [6.07, 6.45) is -0.909. The van der Waals surface area contributed by atoms with Crippen LogP contribution >= 0.6 is 11.6 Å². The van der Waals surface area contributed by atoms with E-state index in [0.717, 1.165) is 0 Å². The first-order chi connectivity index (χ1) is 5.63. The van der Waals surface area contributed by atoms with Crippen LogP contribution in [0.25, 0.3) is 0 Å². The van der Waals surface area contributed by atoms with Gasteiger partial charge >= 0.3 is 0 Å². The number of carbonyl (C=O) groups excluding carboxylic acids is 1. The summed E-state index contributed by atoms with van der Waals surface area (Å²) in [4.78, 5) is 12.4. The smallest absolute Gasteiger partial charge is 0.237 e. The van der Waals surface area contributed by atoms with Gasteiger partial charge in [0.1, 0.15) is 5.88 Å². The van der Waals surface area contributed by atoms with E-state index in [9.17, 15) is 15.0 Å². The number of hydrogen-bond donors (Lipinski definition) is 2. The van der Waals surface area contributed by atoms with Crippen molar-refractivity contribution in [2.75, 3.05) is 19.0 Å². The fourth-order valence-electron chi connectivity index (χ4n) is 1.33. The van der Waals surface area contributed by atoms with Crippen LogP contribution in [0.15, 0.2) is 0 Å². The van der Waals surface area contributed by atoms with Gasteiger partial charge in [-0.25, -0.2) is 0 Å². The van der Waals surface area contributed by atoms with Gasteiger partial charge in [-0.05, 0) is 0 Å². The van der Waals surface area contributed by atoms with E-state index in [1.807, 2.05) is 0 Å². The number of hydrogen-bond acceptors (Lipinski definition) is 3. The molecule has 0 spiro atoms. The van der Waals surface area contributed by atoms with Crippen molar-refractivity contribution in [1.82, 2.24) is 4.90 Å². The van der Waals surface area contributed by atoms with Gasteiger partial charge in [-0.15, -0.1) is 11.6 Å². The molecule has 2 atom stereocenters. The summed E-state index contributed by atoms with van der Waals surface area (Å²) >= 11 is 5.33. The van der Waals surface area contributed by atoms with E-state index in [4.69, 9.17) is 11.6 Å². The van der Waals surface area contributed by atoms with Crippen LogP contribution in [0.4, 0.5) is 0 Å². The summed E-state index contributed by atoms with van der Waals surface area (Å²) in [6.45, 7) is 0.561. The van der Waals surface area contributed by atoms with Crippen molar-refractivity contribution in [1.29, 1.82) is 0 Å². The molecule has 12 heavy (non-hydrogen) atoms. The molecule has 0 aromatic heterocycles. The Morgan fingerprint density at radius 3 is 2.33 bits per heavy atom. The Bertz CT molecular complexity index is 166. The van der Waals surface area contributed by atoms with Crippen LogP contribution in [0.1, 0.15) is 6.42 Å². The van der Waals surface area contributed by atoms with E-state index in [0.29, 0.717) is 6.42 Å². The number of nitrogens with zero attached hydrogens (tertiary/aromatic N) is 1. The number of rotatable bonds is 1. The fraction of sp³-hybridized carbons (Fsp3) is 0.857. The Hall–Kier alpha value is -0.320. The normalized spacial score (nSPS) is 30.4. The molecule has 1 heterocycles. The van der Waals surface area contributed by atoms with Crippen LogP contribution in [0, 0.1) is 0 Å². The Morgan fingerprint density at radius 2 is 1.92 bits per heavy atom. The lowest BCUT2D eigenvalue weighted by atomic mass is 10.1. The van der Waals surface area contributed by atoms with Gasteiger partial charge in [0.05, 0.1) is 12.2 Å². The highest BCUT2D eigenvalue weighted by Gasteiger charge is 2.26. The molecule has 1 aliphatic rings. The first-order valence-corrected chi connectivity index (χ1v) is 4.36. The summed E-state index contributed by atoms with van der Waals surface area (Å²) < 4.78 is 0. The van der Waals surface area contributed by atoms with Gasteiger partial charge in [0.2, 0.25) is 5.91 Å². The van der Waals surface area contributed by atoms with Crippen LogP contribution in [0.2, 0.25) is 0 Å². The highest BCUT2D eigenvalue weighted by atomic mass is 35.5. The third-order valence-electron chi connectivity index (χ3n) is 1.87. The summed E-state index contributed by atoms with van der Waals surface area (Å²) in [6, 6.07) is 0. The Kier molecular flexibility index (Phi) is 3.31. The highest BCUT2D eigenvalue weighted by Crippen LogP contribution is 2.10. The van der Waals surface area contributed by atoms with E-state index in [1.54, 1.807) is 0 Å². The third-order valence-corrected chi connectivity index (χ3v) is 2.10. The SMILES string of the molecule is O=C(CCl)N1C[C@H](O)C[C@H](O)C1. The molecule has 0 saturated carbocycles. The van der Waals surface area contributed by atoms with Gasteiger partial charge < -0.3 is 15.1 Å². The maximum absolute atomic E-state index is 11.0. The van der Waals surface area contributed by atoms with Crippen molar-refractivity contribution in [2.24, 2.45) is 0 Å². The molecule has 0 radical (unpaired) electrons. The first-order valence-electron chi connectivity index (χ1n) is 3.83. The van der Waals surface area contributed by atoms with E-state index < -0.39 is 12.2 Å². The van der Waals surface area contributed by atoms with E-state index in [2.05, 4.69) is 0 Å². The molecule has 1 fully saturated rings. The van der Waals surface area contributed by atoms with Crippen LogP contribution < -0.4 is 0 Å². The molecule has 1 aliphatic heterocycles. The molecule has 2 N–H and O–H groups in total. The largest absolute Gasteiger partial charge is 0.391 e. The van der Waals surface area contributed by atoms with Crippen molar-refractivity contribution in [3.05, 3.63) is 0 Å². The summed E-state index contributed by atoms with van der Waals surface area (Å²) in [5, 5.41) is 18.4. The van der Waals surface area contributed by atoms with Crippen LogP contribution in [-0.4, -0.2) is 52.2 Å². The second kappa shape index (κ2) is 4.07. The molecule has 70 valence electrons. The quantitative estimate of drug-likeness (QED) is 0.535. The van der Waals surface area contributed by atoms with Crippen molar-refractivity contribution in [3.63, 3.8) is 0 Å². The predicted octanol–water partition coefficient (Wildman–Crippen LogP) is -0.821. The lowest BCUT2D eigenvalue weighted by Crippen LogP contribution is -2.48. The molecule has 0 aliphatic carbocycles. The van der Waals surface area contributed by atoms with Crippen LogP contribution in [0.3, 0.4) is 0 Å². The molecule has 0 aromatic carbocycles. The molecular formula is C7H12ClNO3. The van der Waals surface area contributed by atoms with Crippen molar-refractivity contribution < 1.29 is 15.0 Å². The topological polar surface area (TPSA) is 60.8 Å². The van der Waals surface area contributed by atoms with Gasteiger partial charge in [0.25, 0.3) is 0 Å². The molecule has 0 bridgehead atoms. The molecule has 1 saturated heterocycles. The number of aliphatic hydroxyl groups is 2. The number of piperidine rings is 1. The van der Waals surface area contributed by atoms with Crippen molar-refractivity contribution in [2.45, 2.75) is 18.6 Å². The number of β-amino-alcohol motifs (C(OH)–C–C–N with tert-alkyl or cyclic N) is 2. The molecule has 0 aromatic rings. The fourth-order valence-corrected chi connectivity index (χ4v) is 1.50. The van der Waals surface area contributed by atoms with E-state index in [1.165, 1.54) is 4.90 Å². The second-order valence-electron chi connectivity index (χ2n) is 2.98. The van der Waals surface area contributed by atoms with Gasteiger partial charge in [-0.2, -0.15) is 0 Å². The number of halogens is 1. The van der Waals surface area contributed by atoms with Crippen LogP contribution in [-0.2, 0) is 4.79 Å². The Morgan fingerprint density at radius 1 is 1.42 bits per heavy atom. The molecule has 1 amide bonds. The number of amides is 1. The van der Waals surface area contributed by atoms with Gasteiger partial charge in [-0.3, -0.25) is 4.79 Å². The number of carbonyl (C=O) groups is 1. The van der Waals surface area contributed by atoms with Crippen molar-refractivity contribution in [3.8, 4) is 0 Å². The zero-order chi connectivity index (χ0) is 9.14. The standard InChI is InChI=1S/C7H12ClNO3/c8-2-7(12)9-3-5(10)1-6(11)4-9/h5-6,10-11H,1-4H2/t5-,6+. The Labute approximate surface area is 75.7 Å². The minimum atomic E-state index is -0.624. The number of alkyl halides is 1. The van der Waals surface area contributed by atoms with Gasteiger partial charge in [0, 0.05) is 19.5 Å². The predicted molar refractivity (Wildman–Crippen MR) is 43.9 cm³/mol. The molecule has 5 heteroatoms. The lowest BCUT2D eigenvalue weighted by molar-refractivity contribution is -0.134. The average molecular weight is 194 g/mol. The summed E-state index contributed by atoms with van der Waals surface area (Å²) in [5.74, 6) is -0.339. The first kappa shape index (κ1) is 9.77. The Balaban J connectivity index is 2.49. The minimum Gasteiger partial charge on any atom is -0.391 e. The zero-order valence-electron chi connectivity index (χ0n) is 6.61. The number of aliphatic hydroxyl groups excluding tert-OH is 2. The average Bonchev–Trinajstić information content (AvgIpc) is 2.01. The number of likely N-dealkylation sites (tertiary alicyclic amines) is 1. The van der Waals surface area contributed by atoms with E-state index >= 15 is 0 Å². The zero-order valence-corrected chi connectivity index (χ0v) is 7.37. The molecule has 0 unspecified atom stereocenters. The molecular weight excluding hydrogens is 182 g/mol. The van der Waals surface area contributed by atoms with Gasteiger partial charge in [-0.1, -0.05) is 0 Å². The lowest BCUT2D eigenvalue weighted by Gasteiger charge is -2.32. The summed E-state index contributed by atoms with van der Waals surface area (Å²) in [7, 11) is 0. The highest BCUT2D eigenvalue weighted by molar-refractivity contribution is 6.27. The monoisotopic (exact) mass is 193 g/mol. The maximum atomic E-state index is 11.0. The third kappa shape index (κ3) is 2.33. The second-order valence-corrected chi connectivity index (χ2v) is 3.24. The van der Waals surface area contributed by atoms with Gasteiger partial charge in [0.15, 0.2) is 0 Å². The van der Waals surface area contributed by atoms with Crippen molar-refractivity contribution >= 4 is 17.5 Å². The van der Waals surface area contributed by atoms with E-state index in [-0.39, 0.29) is 24.9 Å². The van der Waals surface area contributed by atoms with Crippen LogP contribution in [0.5, 0.6) is 0 Å². The minimum absolute atomic E-state index is 0.0978.